The highest BCUT2D eigenvalue weighted by Gasteiger charge is 2.15. The standard InChI is InChI=1S/C12H18N2O2/c1-4-8(2)9(3)14-11-10(12(15)16)6-5-7-13-11/h5-9H,4H2,1-3H3,(H,13,14)(H,15,16). The van der Waals surface area contributed by atoms with Gasteiger partial charge in [0, 0.05) is 12.2 Å². The van der Waals surface area contributed by atoms with Crippen molar-refractivity contribution in [3.63, 3.8) is 0 Å². The Kier molecular flexibility index (Phi) is 4.28. The van der Waals surface area contributed by atoms with Gasteiger partial charge < -0.3 is 10.4 Å². The van der Waals surface area contributed by atoms with Crippen molar-refractivity contribution in [1.82, 2.24) is 4.98 Å². The van der Waals surface area contributed by atoms with Gasteiger partial charge in [0.25, 0.3) is 0 Å². The number of anilines is 1. The highest BCUT2D eigenvalue weighted by atomic mass is 16.4. The maximum atomic E-state index is 11.0. The fraction of sp³-hybridized carbons (Fsp3) is 0.500. The van der Waals surface area contributed by atoms with Gasteiger partial charge in [-0.2, -0.15) is 0 Å². The molecule has 0 bridgehead atoms. The normalized spacial score (nSPS) is 14.2. The Balaban J connectivity index is 2.84. The van der Waals surface area contributed by atoms with Crippen LogP contribution in [-0.4, -0.2) is 22.1 Å². The molecule has 1 aromatic heterocycles. The second-order valence-corrected chi connectivity index (χ2v) is 4.02. The molecule has 2 atom stereocenters. The number of nitrogens with one attached hydrogen (secondary N) is 1. The quantitative estimate of drug-likeness (QED) is 0.804. The van der Waals surface area contributed by atoms with Crippen LogP contribution in [0.15, 0.2) is 18.3 Å². The van der Waals surface area contributed by atoms with Gasteiger partial charge in [0.15, 0.2) is 0 Å². The van der Waals surface area contributed by atoms with Crippen LogP contribution in [0.4, 0.5) is 5.82 Å². The molecule has 4 heteroatoms. The summed E-state index contributed by atoms with van der Waals surface area (Å²) in [5, 5.41) is 12.1. The molecular weight excluding hydrogens is 204 g/mol. The lowest BCUT2D eigenvalue weighted by Crippen LogP contribution is -2.25. The van der Waals surface area contributed by atoms with E-state index in [1.165, 1.54) is 0 Å². The average molecular weight is 222 g/mol. The Morgan fingerprint density at radius 2 is 2.25 bits per heavy atom. The van der Waals surface area contributed by atoms with E-state index in [1.807, 2.05) is 6.92 Å². The SMILES string of the molecule is CCC(C)C(C)Nc1ncccc1C(=O)O. The number of carboxylic acids is 1. The van der Waals surface area contributed by atoms with Crippen molar-refractivity contribution < 1.29 is 9.90 Å². The summed E-state index contributed by atoms with van der Waals surface area (Å²) in [7, 11) is 0. The number of aromatic carboxylic acids is 1. The molecular formula is C12H18N2O2. The Morgan fingerprint density at radius 1 is 1.56 bits per heavy atom. The summed E-state index contributed by atoms with van der Waals surface area (Å²) in [5.74, 6) is -0.0293. The van der Waals surface area contributed by atoms with E-state index in [0.717, 1.165) is 6.42 Å². The van der Waals surface area contributed by atoms with Crippen LogP contribution >= 0.6 is 0 Å². The molecule has 0 aromatic carbocycles. The molecule has 1 rings (SSSR count). The maximum Gasteiger partial charge on any atom is 0.339 e. The van der Waals surface area contributed by atoms with E-state index in [1.54, 1.807) is 18.3 Å². The van der Waals surface area contributed by atoms with Crippen molar-refractivity contribution in [3.8, 4) is 0 Å². The molecule has 0 amide bonds. The molecule has 0 fully saturated rings. The van der Waals surface area contributed by atoms with Gasteiger partial charge in [-0.25, -0.2) is 9.78 Å². The lowest BCUT2D eigenvalue weighted by molar-refractivity contribution is 0.0697. The third-order valence-corrected chi connectivity index (χ3v) is 2.90. The minimum atomic E-state index is -0.952. The summed E-state index contributed by atoms with van der Waals surface area (Å²) in [6, 6.07) is 3.39. The third-order valence-electron chi connectivity index (χ3n) is 2.90. The topological polar surface area (TPSA) is 62.2 Å². The molecule has 0 spiro atoms. The van der Waals surface area contributed by atoms with E-state index in [4.69, 9.17) is 5.11 Å². The van der Waals surface area contributed by atoms with Crippen molar-refractivity contribution in [1.29, 1.82) is 0 Å². The van der Waals surface area contributed by atoms with Crippen molar-refractivity contribution in [3.05, 3.63) is 23.9 Å². The molecule has 88 valence electrons. The summed E-state index contributed by atoms with van der Waals surface area (Å²) < 4.78 is 0. The molecule has 0 saturated heterocycles. The van der Waals surface area contributed by atoms with E-state index >= 15 is 0 Å². The highest BCUT2D eigenvalue weighted by molar-refractivity contribution is 5.93. The van der Waals surface area contributed by atoms with Crippen molar-refractivity contribution >= 4 is 11.8 Å². The van der Waals surface area contributed by atoms with Gasteiger partial charge in [0.05, 0.1) is 0 Å². The Bertz CT molecular complexity index is 366. The maximum absolute atomic E-state index is 11.0. The molecule has 0 aliphatic carbocycles. The molecule has 16 heavy (non-hydrogen) atoms. The second-order valence-electron chi connectivity index (χ2n) is 4.02. The van der Waals surface area contributed by atoms with Gasteiger partial charge in [0.2, 0.25) is 0 Å². The molecule has 0 radical (unpaired) electrons. The largest absolute Gasteiger partial charge is 0.478 e. The summed E-state index contributed by atoms with van der Waals surface area (Å²) >= 11 is 0. The number of pyridine rings is 1. The number of aromatic nitrogens is 1. The molecule has 1 aromatic rings. The Morgan fingerprint density at radius 3 is 2.81 bits per heavy atom. The zero-order valence-electron chi connectivity index (χ0n) is 9.90. The summed E-state index contributed by atoms with van der Waals surface area (Å²) in [6.07, 6.45) is 2.64. The van der Waals surface area contributed by atoms with Crippen molar-refractivity contribution in [2.45, 2.75) is 33.2 Å². The number of rotatable bonds is 5. The monoisotopic (exact) mass is 222 g/mol. The van der Waals surface area contributed by atoms with Crippen LogP contribution in [0.1, 0.15) is 37.6 Å². The molecule has 1 heterocycles. The first kappa shape index (κ1) is 12.5. The first-order chi connectivity index (χ1) is 7.56. The lowest BCUT2D eigenvalue weighted by atomic mass is 10.0. The molecule has 0 saturated carbocycles. The summed E-state index contributed by atoms with van der Waals surface area (Å²) in [4.78, 5) is 15.0. The fourth-order valence-electron chi connectivity index (χ4n) is 1.40. The minimum Gasteiger partial charge on any atom is -0.478 e. The second kappa shape index (κ2) is 5.49. The van der Waals surface area contributed by atoms with E-state index in [9.17, 15) is 4.79 Å². The van der Waals surface area contributed by atoms with Gasteiger partial charge in [-0.1, -0.05) is 20.3 Å². The van der Waals surface area contributed by atoms with Crippen LogP contribution in [0, 0.1) is 5.92 Å². The summed E-state index contributed by atoms with van der Waals surface area (Å²) in [5.41, 5.74) is 0.220. The summed E-state index contributed by atoms with van der Waals surface area (Å²) in [6.45, 7) is 6.27. The van der Waals surface area contributed by atoms with Crippen LogP contribution < -0.4 is 5.32 Å². The zero-order valence-corrected chi connectivity index (χ0v) is 9.90. The molecule has 4 nitrogen and oxygen atoms in total. The van der Waals surface area contributed by atoms with Gasteiger partial charge in [0.1, 0.15) is 11.4 Å². The van der Waals surface area contributed by atoms with Crippen LogP contribution in [0.2, 0.25) is 0 Å². The minimum absolute atomic E-state index is 0.206. The third kappa shape index (κ3) is 2.95. The first-order valence-corrected chi connectivity index (χ1v) is 5.51. The lowest BCUT2D eigenvalue weighted by Gasteiger charge is -2.21. The Labute approximate surface area is 95.7 Å². The van der Waals surface area contributed by atoms with E-state index in [2.05, 4.69) is 24.1 Å². The number of carbonyl (C=O) groups is 1. The number of carboxylic acid groups (broad SMARTS) is 1. The van der Waals surface area contributed by atoms with Gasteiger partial charge in [-0.05, 0) is 25.0 Å². The van der Waals surface area contributed by atoms with Crippen LogP contribution in [0.5, 0.6) is 0 Å². The van der Waals surface area contributed by atoms with Gasteiger partial charge in [-0.3, -0.25) is 0 Å². The average Bonchev–Trinajstić information content (AvgIpc) is 2.28. The van der Waals surface area contributed by atoms with E-state index in [-0.39, 0.29) is 11.6 Å². The molecule has 2 unspecified atom stereocenters. The zero-order chi connectivity index (χ0) is 12.1. The van der Waals surface area contributed by atoms with E-state index < -0.39 is 5.97 Å². The predicted molar refractivity (Wildman–Crippen MR) is 63.7 cm³/mol. The molecule has 0 aliphatic rings. The Hall–Kier alpha value is -1.58. The smallest absolute Gasteiger partial charge is 0.339 e. The van der Waals surface area contributed by atoms with Crippen LogP contribution in [-0.2, 0) is 0 Å². The van der Waals surface area contributed by atoms with Gasteiger partial charge >= 0.3 is 5.97 Å². The van der Waals surface area contributed by atoms with Gasteiger partial charge in [-0.15, -0.1) is 0 Å². The number of nitrogens with zero attached hydrogens (tertiary/aromatic N) is 1. The van der Waals surface area contributed by atoms with E-state index in [0.29, 0.717) is 11.7 Å². The van der Waals surface area contributed by atoms with Crippen molar-refractivity contribution in [2.75, 3.05) is 5.32 Å². The number of hydrogen-bond donors (Lipinski definition) is 2. The number of hydrogen-bond acceptors (Lipinski definition) is 3. The molecule has 0 aliphatic heterocycles. The highest BCUT2D eigenvalue weighted by Crippen LogP contribution is 2.16. The van der Waals surface area contributed by atoms with Crippen LogP contribution in [0.25, 0.3) is 0 Å². The molecule has 2 N–H and O–H groups in total. The van der Waals surface area contributed by atoms with Crippen molar-refractivity contribution in [2.24, 2.45) is 5.92 Å². The van der Waals surface area contributed by atoms with Crippen LogP contribution in [0.3, 0.4) is 0 Å². The first-order valence-electron chi connectivity index (χ1n) is 5.51. The predicted octanol–water partition coefficient (Wildman–Crippen LogP) is 2.63. The fourth-order valence-corrected chi connectivity index (χ4v) is 1.40.